The first-order valence-corrected chi connectivity index (χ1v) is 12.4. The topological polar surface area (TPSA) is 128 Å². The first kappa shape index (κ1) is 25.5. The van der Waals surface area contributed by atoms with Crippen molar-refractivity contribution >= 4 is 27.9 Å². The fourth-order valence-corrected chi connectivity index (χ4v) is 4.73. The summed E-state index contributed by atoms with van der Waals surface area (Å²) in [6.07, 6.45) is 1.38. The zero-order valence-electron chi connectivity index (χ0n) is 19.1. The van der Waals surface area contributed by atoms with Crippen molar-refractivity contribution in [3.05, 3.63) is 65.2 Å². The van der Waals surface area contributed by atoms with E-state index in [9.17, 15) is 22.8 Å². The van der Waals surface area contributed by atoms with Crippen LogP contribution in [0.2, 0.25) is 0 Å². The van der Waals surface area contributed by atoms with E-state index in [2.05, 4.69) is 14.8 Å². The van der Waals surface area contributed by atoms with Crippen molar-refractivity contribution in [1.29, 1.82) is 0 Å². The summed E-state index contributed by atoms with van der Waals surface area (Å²) in [5, 5.41) is 2.95. The largest absolute Gasteiger partial charge is 0.469 e. The van der Waals surface area contributed by atoms with Crippen LogP contribution in [0.5, 0.6) is 0 Å². The number of nitrogens with one attached hydrogen (secondary N) is 2. The van der Waals surface area contributed by atoms with Crippen molar-refractivity contribution < 1.29 is 32.3 Å². The third kappa shape index (κ3) is 6.96. The van der Waals surface area contributed by atoms with Gasteiger partial charge in [0.2, 0.25) is 10.0 Å². The molecule has 2 atom stereocenters. The second-order valence-electron chi connectivity index (χ2n) is 8.15. The molecule has 0 unspecified atom stereocenters. The van der Waals surface area contributed by atoms with Crippen LogP contribution in [0.15, 0.2) is 53.4 Å². The van der Waals surface area contributed by atoms with Gasteiger partial charge in [-0.3, -0.25) is 4.79 Å². The zero-order valence-corrected chi connectivity index (χ0v) is 19.9. The Morgan fingerprint density at radius 1 is 1.06 bits per heavy atom. The maximum atomic E-state index is 12.9. The van der Waals surface area contributed by atoms with E-state index in [-0.39, 0.29) is 23.7 Å². The average Bonchev–Trinajstić information content (AvgIpc) is 3.35. The summed E-state index contributed by atoms with van der Waals surface area (Å²) in [6, 6.07) is 11.0. The number of carbonyl (C=O) groups excluding carboxylic acids is 3. The van der Waals surface area contributed by atoms with E-state index in [1.54, 1.807) is 36.4 Å². The van der Waals surface area contributed by atoms with Crippen LogP contribution in [0.1, 0.15) is 29.5 Å². The zero-order chi connectivity index (χ0) is 24.7. The van der Waals surface area contributed by atoms with Gasteiger partial charge >= 0.3 is 17.9 Å². The maximum Gasteiger partial charge on any atom is 0.332 e. The molecule has 0 aromatic heterocycles. The molecule has 1 saturated heterocycles. The fourth-order valence-electron chi connectivity index (χ4n) is 3.54. The number of aryl methyl sites for hydroxylation is 1. The van der Waals surface area contributed by atoms with E-state index in [1.807, 2.05) is 6.92 Å². The van der Waals surface area contributed by atoms with Gasteiger partial charge in [0.25, 0.3) is 0 Å². The predicted octanol–water partition coefficient (Wildman–Crippen LogP) is 1.42. The van der Waals surface area contributed by atoms with Crippen LogP contribution >= 0.6 is 0 Å². The monoisotopic (exact) mass is 488 g/mol. The number of rotatable bonds is 9. The van der Waals surface area contributed by atoms with Gasteiger partial charge in [0.05, 0.1) is 18.4 Å². The molecule has 10 heteroatoms. The first-order valence-electron chi connectivity index (χ1n) is 10.9. The molecular weight excluding hydrogens is 460 g/mol. The van der Waals surface area contributed by atoms with E-state index >= 15 is 0 Å². The third-order valence-corrected chi connectivity index (χ3v) is 6.99. The molecule has 0 radical (unpaired) electrons. The molecule has 1 aliphatic rings. The smallest absolute Gasteiger partial charge is 0.332 e. The van der Waals surface area contributed by atoms with Crippen LogP contribution in [-0.2, 0) is 46.7 Å². The average molecular weight is 489 g/mol. The van der Waals surface area contributed by atoms with E-state index in [0.717, 1.165) is 12.0 Å². The molecular formula is C24H28N2O7S. The lowest BCUT2D eigenvalue weighted by Gasteiger charge is -2.19. The van der Waals surface area contributed by atoms with Crippen molar-refractivity contribution in [2.75, 3.05) is 13.7 Å². The van der Waals surface area contributed by atoms with E-state index in [0.29, 0.717) is 24.1 Å². The number of ether oxygens (including phenoxy) is 2. The molecule has 0 saturated carbocycles. The number of hydrogen-bond acceptors (Lipinski definition) is 8. The molecule has 2 aromatic carbocycles. The number of esters is 3. The van der Waals surface area contributed by atoms with E-state index in [4.69, 9.17) is 4.74 Å². The van der Waals surface area contributed by atoms with Crippen LogP contribution in [0, 0.1) is 6.92 Å². The standard InChI is InChI=1S/C24H28N2O7S/c1-16-5-11-19(12-6-16)34(30,31)26-21(24(29)33-23(28)20-4-3-13-25-20)14-17-7-9-18(10-8-17)15-22(27)32-2/h5-12,20-21,25-26H,3-4,13-15H2,1-2H3/t20-,21-/m0/s1. The van der Waals surface area contributed by atoms with Crippen LogP contribution in [0.25, 0.3) is 0 Å². The second-order valence-corrected chi connectivity index (χ2v) is 9.86. The quantitative estimate of drug-likeness (QED) is 0.401. The Morgan fingerprint density at radius 3 is 2.29 bits per heavy atom. The molecule has 0 amide bonds. The lowest BCUT2D eigenvalue weighted by Crippen LogP contribution is -2.45. The van der Waals surface area contributed by atoms with Gasteiger partial charge in [-0.05, 0) is 56.0 Å². The number of hydrogen-bond donors (Lipinski definition) is 2. The molecule has 34 heavy (non-hydrogen) atoms. The molecule has 3 rings (SSSR count). The molecule has 2 aromatic rings. The molecule has 1 aliphatic heterocycles. The predicted molar refractivity (Wildman–Crippen MR) is 123 cm³/mol. The minimum absolute atomic E-state index is 0.00638. The highest BCUT2D eigenvalue weighted by molar-refractivity contribution is 7.89. The van der Waals surface area contributed by atoms with Gasteiger partial charge in [-0.15, -0.1) is 0 Å². The SMILES string of the molecule is COC(=O)Cc1ccc(C[C@H](NS(=O)(=O)c2ccc(C)cc2)C(=O)OC(=O)[C@@H]2CCCN2)cc1. The molecule has 2 N–H and O–H groups in total. The summed E-state index contributed by atoms with van der Waals surface area (Å²) in [5.74, 6) is -2.09. The molecule has 0 spiro atoms. The summed E-state index contributed by atoms with van der Waals surface area (Å²) in [4.78, 5) is 36.7. The van der Waals surface area contributed by atoms with Crippen molar-refractivity contribution in [3.63, 3.8) is 0 Å². The van der Waals surface area contributed by atoms with Gasteiger partial charge in [-0.2, -0.15) is 4.72 Å². The highest BCUT2D eigenvalue weighted by atomic mass is 32.2. The Balaban J connectivity index is 1.79. The van der Waals surface area contributed by atoms with Crippen molar-refractivity contribution in [1.82, 2.24) is 10.0 Å². The summed E-state index contributed by atoms with van der Waals surface area (Å²) < 4.78 is 37.9. The molecule has 0 bridgehead atoms. The Hall–Kier alpha value is -3.08. The van der Waals surface area contributed by atoms with Crippen LogP contribution in [-0.4, -0.2) is 52.1 Å². The van der Waals surface area contributed by atoms with E-state index < -0.39 is 34.0 Å². The Morgan fingerprint density at radius 2 is 1.71 bits per heavy atom. The Kier molecular flexibility index (Phi) is 8.54. The van der Waals surface area contributed by atoms with Gasteiger partial charge in [0, 0.05) is 0 Å². The van der Waals surface area contributed by atoms with Gasteiger partial charge in [-0.1, -0.05) is 42.0 Å². The normalized spacial score (nSPS) is 16.6. The van der Waals surface area contributed by atoms with Crippen molar-refractivity contribution in [3.8, 4) is 0 Å². The summed E-state index contributed by atoms with van der Waals surface area (Å²) >= 11 is 0. The lowest BCUT2D eigenvalue weighted by atomic mass is 10.0. The molecule has 0 aliphatic carbocycles. The van der Waals surface area contributed by atoms with Crippen molar-refractivity contribution in [2.24, 2.45) is 0 Å². The molecule has 182 valence electrons. The minimum atomic E-state index is -4.06. The highest BCUT2D eigenvalue weighted by Gasteiger charge is 2.32. The van der Waals surface area contributed by atoms with Crippen LogP contribution < -0.4 is 10.0 Å². The lowest BCUT2D eigenvalue weighted by molar-refractivity contribution is -0.162. The maximum absolute atomic E-state index is 12.9. The Bertz CT molecular complexity index is 1120. The number of carbonyl (C=O) groups is 3. The highest BCUT2D eigenvalue weighted by Crippen LogP contribution is 2.15. The summed E-state index contributed by atoms with van der Waals surface area (Å²) in [7, 11) is -2.76. The van der Waals surface area contributed by atoms with Crippen molar-refractivity contribution in [2.45, 2.75) is 49.6 Å². The third-order valence-electron chi connectivity index (χ3n) is 5.50. The fraction of sp³-hybridized carbons (Fsp3) is 0.375. The number of sulfonamides is 1. The molecule has 1 fully saturated rings. The van der Waals surface area contributed by atoms with Gasteiger partial charge in [0.15, 0.2) is 0 Å². The number of benzene rings is 2. The summed E-state index contributed by atoms with van der Waals surface area (Å²) in [5.41, 5.74) is 2.21. The second kappa shape index (κ2) is 11.4. The van der Waals surface area contributed by atoms with Gasteiger partial charge in [0.1, 0.15) is 12.1 Å². The molecule has 1 heterocycles. The number of methoxy groups -OCH3 is 1. The Labute approximate surface area is 198 Å². The van der Waals surface area contributed by atoms with E-state index in [1.165, 1.54) is 19.2 Å². The summed E-state index contributed by atoms with van der Waals surface area (Å²) in [6.45, 7) is 2.48. The molecule has 9 nitrogen and oxygen atoms in total. The first-order chi connectivity index (χ1) is 16.2. The van der Waals surface area contributed by atoms with Gasteiger partial charge < -0.3 is 14.8 Å². The van der Waals surface area contributed by atoms with Crippen LogP contribution in [0.4, 0.5) is 0 Å². The van der Waals surface area contributed by atoms with Crippen LogP contribution in [0.3, 0.4) is 0 Å². The van der Waals surface area contributed by atoms with Gasteiger partial charge in [-0.25, -0.2) is 18.0 Å². The minimum Gasteiger partial charge on any atom is -0.469 e.